The third kappa shape index (κ3) is 7.20. The van der Waals surface area contributed by atoms with Gasteiger partial charge in [-0.15, -0.1) is 0 Å². The number of hydrogen-bond donors (Lipinski definition) is 2. The summed E-state index contributed by atoms with van der Waals surface area (Å²) in [5.41, 5.74) is 5.78. The second-order valence-electron chi connectivity index (χ2n) is 11.2. The van der Waals surface area contributed by atoms with Gasteiger partial charge in [0.25, 0.3) is 0 Å². The first-order chi connectivity index (χ1) is 20.0. The maximum atomic E-state index is 13.6. The molecule has 42 heavy (non-hydrogen) atoms. The summed E-state index contributed by atoms with van der Waals surface area (Å²) in [6, 6.07) is 21.1. The fourth-order valence-electron chi connectivity index (χ4n) is 5.59. The molecule has 4 aromatic rings. The maximum absolute atomic E-state index is 13.6. The molecule has 0 bridgehead atoms. The number of nitrogens with one attached hydrogen (secondary N) is 2. The number of amides is 2. The van der Waals surface area contributed by atoms with Crippen molar-refractivity contribution in [3.05, 3.63) is 106 Å². The summed E-state index contributed by atoms with van der Waals surface area (Å²) in [7, 11) is 0. The number of anilines is 1. The Bertz CT molecular complexity index is 1490. The molecule has 0 aliphatic carbocycles. The van der Waals surface area contributed by atoms with Crippen LogP contribution in [0, 0.1) is 20.8 Å². The third-order valence-electron chi connectivity index (χ3n) is 7.77. The van der Waals surface area contributed by atoms with Gasteiger partial charge in [-0.05, 0) is 74.6 Å². The first-order valence-electron chi connectivity index (χ1n) is 14.2. The Morgan fingerprint density at radius 3 is 2.24 bits per heavy atom. The number of benzene rings is 3. The molecule has 9 heteroatoms. The number of aryl methyl sites for hydroxylation is 3. The summed E-state index contributed by atoms with van der Waals surface area (Å²) in [6.45, 7) is 8.73. The quantitative estimate of drug-likeness (QED) is 0.237. The highest BCUT2D eigenvalue weighted by atomic mass is 19.4. The lowest BCUT2D eigenvalue weighted by Gasteiger charge is -2.38. The topological polar surface area (TPSA) is 64.3 Å². The van der Waals surface area contributed by atoms with Crippen LogP contribution in [-0.4, -0.2) is 44.9 Å². The minimum Gasteiger partial charge on any atom is -0.342 e. The second-order valence-corrected chi connectivity index (χ2v) is 11.2. The van der Waals surface area contributed by atoms with E-state index in [4.69, 9.17) is 4.98 Å². The number of nitrogens with zero attached hydrogens (tertiary/aromatic N) is 3. The lowest BCUT2D eigenvalue weighted by atomic mass is 10.0. The van der Waals surface area contributed by atoms with Crippen LogP contribution in [-0.2, 0) is 19.3 Å². The van der Waals surface area contributed by atoms with Crippen molar-refractivity contribution in [2.45, 2.75) is 58.9 Å². The summed E-state index contributed by atoms with van der Waals surface area (Å²) in [5.74, 6) is 0.559. The molecule has 6 nitrogen and oxygen atoms in total. The molecule has 0 unspecified atom stereocenters. The van der Waals surface area contributed by atoms with Gasteiger partial charge in [0.05, 0.1) is 11.3 Å². The molecular formula is C33H36F3N5O. The van der Waals surface area contributed by atoms with Crippen LogP contribution in [0.5, 0.6) is 0 Å². The minimum atomic E-state index is -4.37. The Kier molecular flexibility index (Phi) is 8.68. The van der Waals surface area contributed by atoms with Crippen LogP contribution in [0.25, 0.3) is 11.4 Å². The van der Waals surface area contributed by atoms with E-state index in [9.17, 15) is 18.0 Å². The molecular weight excluding hydrogens is 539 g/mol. The first-order valence-corrected chi connectivity index (χ1v) is 14.2. The Morgan fingerprint density at radius 2 is 1.62 bits per heavy atom. The molecule has 1 aliphatic rings. The molecule has 5 rings (SSSR count). The van der Waals surface area contributed by atoms with Crippen LogP contribution in [0.4, 0.5) is 23.7 Å². The zero-order valence-electron chi connectivity index (χ0n) is 24.1. The van der Waals surface area contributed by atoms with Gasteiger partial charge < -0.3 is 15.2 Å². The van der Waals surface area contributed by atoms with Gasteiger partial charge in [0, 0.05) is 49.2 Å². The van der Waals surface area contributed by atoms with E-state index in [0.717, 1.165) is 71.8 Å². The minimum absolute atomic E-state index is 0.0790. The predicted molar refractivity (Wildman–Crippen MR) is 159 cm³/mol. The standard InChI is InChI=1S/C33H36F3N5O/c1-22-17-23(2)19-28(18-22)38-32(42)41(20-25-7-5-4-6-8-25)29-13-15-40(16-14-29)21-30-24(3)37-31(39-30)26-9-11-27(12-10-26)33(34,35)36/h4-12,17-19,29H,13-16,20-21H2,1-3H3,(H,37,39)(H,38,42). The van der Waals surface area contributed by atoms with Gasteiger partial charge in [0.2, 0.25) is 0 Å². The van der Waals surface area contributed by atoms with Crippen molar-refractivity contribution in [3.63, 3.8) is 0 Å². The van der Waals surface area contributed by atoms with Gasteiger partial charge in [0.15, 0.2) is 0 Å². The summed E-state index contributed by atoms with van der Waals surface area (Å²) in [5, 5.41) is 3.13. The number of rotatable bonds is 7. The zero-order valence-corrected chi connectivity index (χ0v) is 24.1. The molecule has 0 atom stereocenters. The van der Waals surface area contributed by atoms with Crippen molar-refractivity contribution >= 4 is 11.7 Å². The average Bonchev–Trinajstić information content (AvgIpc) is 3.31. The van der Waals surface area contributed by atoms with Gasteiger partial charge >= 0.3 is 12.2 Å². The van der Waals surface area contributed by atoms with Crippen molar-refractivity contribution in [2.24, 2.45) is 0 Å². The van der Waals surface area contributed by atoms with E-state index in [1.165, 1.54) is 12.1 Å². The number of carbonyl (C=O) groups is 1. The van der Waals surface area contributed by atoms with Crippen molar-refractivity contribution in [2.75, 3.05) is 18.4 Å². The molecule has 1 fully saturated rings. The molecule has 0 spiro atoms. The van der Waals surface area contributed by atoms with Crippen LogP contribution in [0.3, 0.4) is 0 Å². The van der Waals surface area contributed by atoms with E-state index >= 15 is 0 Å². The third-order valence-corrected chi connectivity index (χ3v) is 7.77. The molecule has 2 N–H and O–H groups in total. The van der Waals surface area contributed by atoms with Crippen molar-refractivity contribution in [1.82, 2.24) is 19.8 Å². The van der Waals surface area contributed by atoms with Crippen LogP contribution < -0.4 is 5.32 Å². The Morgan fingerprint density at radius 1 is 0.976 bits per heavy atom. The summed E-state index contributed by atoms with van der Waals surface area (Å²) >= 11 is 0. The number of carbonyl (C=O) groups excluding carboxylic acids is 1. The number of alkyl halides is 3. The number of urea groups is 1. The van der Waals surface area contributed by atoms with E-state index in [-0.39, 0.29) is 12.1 Å². The number of piperidine rings is 1. The normalized spacial score (nSPS) is 14.6. The maximum Gasteiger partial charge on any atom is 0.416 e. The highest BCUT2D eigenvalue weighted by Crippen LogP contribution is 2.31. The van der Waals surface area contributed by atoms with E-state index in [2.05, 4.69) is 21.3 Å². The van der Waals surface area contributed by atoms with E-state index in [1.807, 2.05) is 68.1 Å². The molecule has 220 valence electrons. The van der Waals surface area contributed by atoms with Crippen LogP contribution in [0.1, 0.15) is 46.5 Å². The van der Waals surface area contributed by atoms with Gasteiger partial charge in [-0.25, -0.2) is 9.78 Å². The molecule has 2 amide bonds. The van der Waals surface area contributed by atoms with Crippen LogP contribution >= 0.6 is 0 Å². The molecule has 1 saturated heterocycles. The highest BCUT2D eigenvalue weighted by molar-refractivity contribution is 5.89. The number of H-pyrrole nitrogens is 1. The Labute approximate surface area is 244 Å². The smallest absolute Gasteiger partial charge is 0.342 e. The Balaban J connectivity index is 1.24. The van der Waals surface area contributed by atoms with Crippen molar-refractivity contribution in [1.29, 1.82) is 0 Å². The Hall–Kier alpha value is -4.11. The number of aromatic nitrogens is 2. The number of halogens is 3. The first kappa shape index (κ1) is 29.4. The van der Waals surface area contributed by atoms with Crippen molar-refractivity contribution in [3.8, 4) is 11.4 Å². The largest absolute Gasteiger partial charge is 0.416 e. The molecule has 1 aromatic heterocycles. The number of aromatic amines is 1. The number of likely N-dealkylation sites (tertiary alicyclic amines) is 1. The van der Waals surface area contributed by atoms with E-state index in [1.54, 1.807) is 0 Å². The predicted octanol–water partition coefficient (Wildman–Crippen LogP) is 7.72. The molecule has 0 radical (unpaired) electrons. The fourth-order valence-corrected chi connectivity index (χ4v) is 5.59. The fraction of sp³-hybridized carbons (Fsp3) is 0.333. The van der Waals surface area contributed by atoms with E-state index in [0.29, 0.717) is 24.5 Å². The molecule has 3 aromatic carbocycles. The second kappa shape index (κ2) is 12.4. The number of imidazole rings is 1. The monoisotopic (exact) mass is 575 g/mol. The SMILES string of the molecule is Cc1cc(C)cc(NC(=O)N(Cc2ccccc2)C2CCN(Cc3nc(-c4ccc(C(F)(F)F)cc4)[nH]c3C)CC2)c1. The van der Waals surface area contributed by atoms with Crippen LogP contribution in [0.2, 0.25) is 0 Å². The molecule has 2 heterocycles. The average molecular weight is 576 g/mol. The summed E-state index contributed by atoms with van der Waals surface area (Å²) in [6.07, 6.45) is -2.73. The van der Waals surface area contributed by atoms with Gasteiger partial charge in [-0.1, -0.05) is 48.5 Å². The lowest BCUT2D eigenvalue weighted by molar-refractivity contribution is -0.137. The lowest BCUT2D eigenvalue weighted by Crippen LogP contribution is -2.48. The van der Waals surface area contributed by atoms with Gasteiger partial charge in [-0.2, -0.15) is 13.2 Å². The van der Waals surface area contributed by atoms with E-state index < -0.39 is 11.7 Å². The highest BCUT2D eigenvalue weighted by Gasteiger charge is 2.31. The molecule has 0 saturated carbocycles. The molecule has 1 aliphatic heterocycles. The van der Waals surface area contributed by atoms with Gasteiger partial charge in [-0.3, -0.25) is 4.90 Å². The van der Waals surface area contributed by atoms with Crippen molar-refractivity contribution < 1.29 is 18.0 Å². The van der Waals surface area contributed by atoms with Gasteiger partial charge in [0.1, 0.15) is 5.82 Å². The van der Waals surface area contributed by atoms with Crippen LogP contribution in [0.15, 0.2) is 72.8 Å². The summed E-state index contributed by atoms with van der Waals surface area (Å²) in [4.78, 5) is 25.8. The zero-order chi connectivity index (χ0) is 29.9. The summed E-state index contributed by atoms with van der Waals surface area (Å²) < 4.78 is 38.9. The number of hydrogen-bond acceptors (Lipinski definition) is 3.